The number of carbonyl (C=O) groups is 1. The number of nitrogens with zero attached hydrogens (tertiary/aromatic N) is 4. The molecule has 4 rings (SSSR count). The summed E-state index contributed by atoms with van der Waals surface area (Å²) in [6, 6.07) is 6.75. The van der Waals surface area contributed by atoms with Crippen molar-refractivity contribution in [1.29, 1.82) is 0 Å². The van der Waals surface area contributed by atoms with E-state index in [1.54, 1.807) is 19.4 Å². The molecule has 1 aromatic heterocycles. The molecule has 0 atom stereocenters. The van der Waals surface area contributed by atoms with Gasteiger partial charge in [-0.15, -0.1) is 0 Å². The molecule has 1 aliphatic carbocycles. The fourth-order valence-corrected chi connectivity index (χ4v) is 6.62. The van der Waals surface area contributed by atoms with Crippen molar-refractivity contribution in [2.75, 3.05) is 71.6 Å². The molecule has 2 fully saturated rings. The number of hydrogen-bond donors (Lipinski definition) is 2. The lowest BCUT2D eigenvalue weighted by Gasteiger charge is -2.41. The van der Waals surface area contributed by atoms with Crippen LogP contribution in [0.2, 0.25) is 5.02 Å². The summed E-state index contributed by atoms with van der Waals surface area (Å²) >= 11 is 6.39. The number of aryl methyl sites for hydroxylation is 1. The van der Waals surface area contributed by atoms with Crippen molar-refractivity contribution in [1.82, 2.24) is 15.1 Å². The minimum Gasteiger partial charge on any atom is -0.383 e. The Kier molecular flexibility index (Phi) is 12.7. The molecule has 2 aromatic rings. The van der Waals surface area contributed by atoms with E-state index in [2.05, 4.69) is 51.9 Å². The SMILES string of the molecule is CCN(c1cc(C#CCN2CCOCC2)cc(C(=O)NCc2c(Cl)cc(C)c[n+]2O)c1C)C1CCC(N(C)CCOC)CC1. The Morgan fingerprint density at radius 2 is 1.89 bits per heavy atom. The van der Waals surface area contributed by atoms with Crippen LogP contribution in [-0.2, 0) is 16.0 Å². The van der Waals surface area contributed by atoms with Gasteiger partial charge in [-0.1, -0.05) is 23.4 Å². The van der Waals surface area contributed by atoms with Crippen molar-refractivity contribution in [3.8, 4) is 11.8 Å². The number of halogens is 1. The first-order valence-corrected chi connectivity index (χ1v) is 16.2. The zero-order valence-electron chi connectivity index (χ0n) is 27.0. The third kappa shape index (κ3) is 8.86. The molecule has 44 heavy (non-hydrogen) atoms. The molecule has 1 aromatic carbocycles. The number of anilines is 1. The maximum Gasteiger partial charge on any atom is 0.271 e. The molecule has 240 valence electrons. The molecule has 0 unspecified atom stereocenters. The van der Waals surface area contributed by atoms with Gasteiger partial charge < -0.3 is 24.6 Å². The average molecular weight is 627 g/mol. The van der Waals surface area contributed by atoms with Gasteiger partial charge in [0.2, 0.25) is 6.20 Å². The van der Waals surface area contributed by atoms with Gasteiger partial charge in [-0.25, -0.2) is 0 Å². The van der Waals surface area contributed by atoms with Crippen LogP contribution >= 0.6 is 11.6 Å². The van der Waals surface area contributed by atoms with Gasteiger partial charge in [-0.3, -0.25) is 14.9 Å². The summed E-state index contributed by atoms with van der Waals surface area (Å²) < 4.78 is 11.7. The Bertz CT molecular complexity index is 1310. The van der Waals surface area contributed by atoms with Crippen molar-refractivity contribution in [2.24, 2.45) is 0 Å². The highest BCUT2D eigenvalue weighted by Crippen LogP contribution is 2.33. The normalized spacial score (nSPS) is 19.0. The smallest absolute Gasteiger partial charge is 0.271 e. The summed E-state index contributed by atoms with van der Waals surface area (Å²) in [6.07, 6.45) is 6.01. The lowest BCUT2D eigenvalue weighted by atomic mass is 9.88. The summed E-state index contributed by atoms with van der Waals surface area (Å²) in [6.45, 7) is 12.5. The van der Waals surface area contributed by atoms with Crippen LogP contribution in [0.1, 0.15) is 65.3 Å². The summed E-state index contributed by atoms with van der Waals surface area (Å²) in [5, 5.41) is 13.8. The molecule has 10 heteroatoms. The number of ether oxygens (including phenoxy) is 2. The van der Waals surface area contributed by atoms with E-state index in [4.69, 9.17) is 21.1 Å². The summed E-state index contributed by atoms with van der Waals surface area (Å²) in [4.78, 5) is 20.9. The lowest BCUT2D eigenvalue weighted by molar-refractivity contribution is -0.909. The molecule has 1 saturated carbocycles. The molecule has 2 N–H and O–H groups in total. The van der Waals surface area contributed by atoms with Crippen molar-refractivity contribution < 1.29 is 24.2 Å². The molecule has 9 nitrogen and oxygen atoms in total. The number of rotatable bonds is 11. The van der Waals surface area contributed by atoms with Crippen molar-refractivity contribution in [3.05, 3.63) is 57.4 Å². The van der Waals surface area contributed by atoms with Crippen LogP contribution in [0.5, 0.6) is 0 Å². The zero-order valence-corrected chi connectivity index (χ0v) is 27.8. The number of likely N-dealkylation sites (N-methyl/N-ethyl adjacent to an activating group) is 1. The third-order valence-corrected chi connectivity index (χ3v) is 9.27. The van der Waals surface area contributed by atoms with Gasteiger partial charge in [0.15, 0.2) is 0 Å². The van der Waals surface area contributed by atoms with E-state index < -0.39 is 0 Å². The second-order valence-corrected chi connectivity index (χ2v) is 12.3. The molecule has 2 heterocycles. The van der Waals surface area contributed by atoms with Crippen LogP contribution < -0.4 is 14.9 Å². The van der Waals surface area contributed by atoms with Gasteiger partial charge >= 0.3 is 0 Å². The number of methoxy groups -OCH3 is 1. The van der Waals surface area contributed by atoms with E-state index in [1.807, 2.05) is 19.9 Å². The van der Waals surface area contributed by atoms with Crippen LogP contribution in [0.15, 0.2) is 24.4 Å². The Morgan fingerprint density at radius 1 is 1.18 bits per heavy atom. The second kappa shape index (κ2) is 16.4. The summed E-state index contributed by atoms with van der Waals surface area (Å²) in [5.74, 6) is 6.46. The summed E-state index contributed by atoms with van der Waals surface area (Å²) in [7, 11) is 3.94. The number of aromatic nitrogens is 1. The number of pyridine rings is 1. The van der Waals surface area contributed by atoms with Gasteiger partial charge in [0.05, 0.1) is 26.4 Å². The molecule has 1 amide bonds. The Hall–Kier alpha value is -2.87. The van der Waals surface area contributed by atoms with Crippen LogP contribution in [0.3, 0.4) is 0 Å². The van der Waals surface area contributed by atoms with Gasteiger partial charge in [0.1, 0.15) is 11.6 Å². The van der Waals surface area contributed by atoms with Gasteiger partial charge in [-0.05, 0) is 77.3 Å². The second-order valence-electron chi connectivity index (χ2n) is 11.9. The maximum atomic E-state index is 13.7. The summed E-state index contributed by atoms with van der Waals surface area (Å²) in [5.41, 5.74) is 4.63. The van der Waals surface area contributed by atoms with E-state index in [9.17, 15) is 10.0 Å². The van der Waals surface area contributed by atoms with Crippen LogP contribution in [0.4, 0.5) is 5.69 Å². The van der Waals surface area contributed by atoms with E-state index in [-0.39, 0.29) is 12.5 Å². The van der Waals surface area contributed by atoms with Gasteiger partial charge in [-0.2, -0.15) is 0 Å². The Morgan fingerprint density at radius 3 is 2.55 bits per heavy atom. The lowest BCUT2D eigenvalue weighted by Crippen LogP contribution is -2.44. The van der Waals surface area contributed by atoms with E-state index >= 15 is 0 Å². The number of benzene rings is 1. The van der Waals surface area contributed by atoms with Gasteiger partial charge in [0.25, 0.3) is 11.6 Å². The minimum absolute atomic E-state index is 0.0915. The van der Waals surface area contributed by atoms with Crippen LogP contribution in [0.25, 0.3) is 0 Å². The van der Waals surface area contributed by atoms with Crippen LogP contribution in [0, 0.1) is 25.7 Å². The Balaban J connectivity index is 1.58. The Labute approximate surface area is 268 Å². The molecule has 0 radical (unpaired) electrons. The highest BCUT2D eigenvalue weighted by atomic mass is 35.5. The minimum atomic E-state index is -0.225. The zero-order chi connectivity index (χ0) is 31.6. The largest absolute Gasteiger partial charge is 0.383 e. The van der Waals surface area contributed by atoms with E-state index in [1.165, 1.54) is 0 Å². The highest BCUT2D eigenvalue weighted by Gasteiger charge is 2.29. The number of amides is 1. The monoisotopic (exact) mass is 626 g/mol. The first-order chi connectivity index (χ1) is 21.2. The third-order valence-electron chi connectivity index (χ3n) is 8.94. The molecule has 2 aliphatic rings. The molecule has 1 aliphatic heterocycles. The molecule has 0 bridgehead atoms. The standard InChI is InChI=1S/C34H48ClN5O4/c1-6-39(29-11-9-28(10-12-29)37(4)14-17-43-5)32-22-27(8-7-13-38-15-18-44-19-16-38)21-30(26(32)3)34(41)36-23-33-31(35)20-25(2)24-40(33)42/h20-22,24,28-29H,6,9-19,23H2,1-5H3,(H-,36,41,42)/p+1. The molecule has 0 spiro atoms. The topological polar surface area (TPSA) is 81.4 Å². The van der Waals surface area contributed by atoms with E-state index in [0.717, 1.165) is 98.8 Å². The molecular weight excluding hydrogens is 578 g/mol. The number of carbonyl (C=O) groups excluding carboxylic acids is 1. The van der Waals surface area contributed by atoms with Crippen molar-refractivity contribution in [2.45, 2.75) is 65.1 Å². The highest BCUT2D eigenvalue weighted by molar-refractivity contribution is 6.31. The van der Waals surface area contributed by atoms with E-state index in [0.29, 0.717) is 34.9 Å². The number of hydrogen-bond acceptors (Lipinski definition) is 7. The van der Waals surface area contributed by atoms with Crippen molar-refractivity contribution in [3.63, 3.8) is 0 Å². The number of morpholine rings is 1. The predicted octanol–water partition coefficient (Wildman–Crippen LogP) is 3.81. The fraction of sp³-hybridized carbons (Fsp3) is 0.588. The fourth-order valence-electron chi connectivity index (χ4n) is 6.30. The average Bonchev–Trinajstić information content (AvgIpc) is 3.01. The van der Waals surface area contributed by atoms with Crippen molar-refractivity contribution >= 4 is 23.2 Å². The van der Waals surface area contributed by atoms with Crippen LogP contribution in [-0.4, -0.2) is 99.7 Å². The number of nitrogens with one attached hydrogen (secondary N) is 1. The van der Waals surface area contributed by atoms with Gasteiger partial charge in [0, 0.05) is 72.5 Å². The predicted molar refractivity (Wildman–Crippen MR) is 174 cm³/mol. The first-order valence-electron chi connectivity index (χ1n) is 15.8. The quantitative estimate of drug-likeness (QED) is 0.223. The first kappa shape index (κ1) is 34.0. The molecular formula is C34H49ClN5O4+. The maximum absolute atomic E-state index is 13.7. The molecule has 1 saturated heterocycles.